The summed E-state index contributed by atoms with van der Waals surface area (Å²) in [6, 6.07) is 15.0. The Morgan fingerprint density at radius 2 is 1.78 bits per heavy atom. The van der Waals surface area contributed by atoms with Crippen molar-refractivity contribution in [3.05, 3.63) is 71.4 Å². The van der Waals surface area contributed by atoms with Gasteiger partial charge in [0.05, 0.1) is 0 Å². The molecule has 0 unspecified atom stereocenters. The van der Waals surface area contributed by atoms with E-state index in [0.717, 1.165) is 5.56 Å². The molecule has 0 spiro atoms. The number of phenols is 1. The van der Waals surface area contributed by atoms with Crippen LogP contribution in [-0.4, -0.2) is 29.9 Å². The van der Waals surface area contributed by atoms with Gasteiger partial charge in [-0.05, 0) is 42.5 Å². The van der Waals surface area contributed by atoms with Crippen molar-refractivity contribution in [2.75, 3.05) is 5.32 Å². The number of nitrogens with one attached hydrogen (secondary N) is 1. The first kappa shape index (κ1) is 17.3. The molecule has 0 aliphatic carbocycles. The highest BCUT2D eigenvalue weighted by molar-refractivity contribution is 6.33. The van der Waals surface area contributed by atoms with Gasteiger partial charge in [0.1, 0.15) is 5.75 Å². The summed E-state index contributed by atoms with van der Waals surface area (Å²) in [6.45, 7) is 0. The van der Waals surface area contributed by atoms with E-state index in [2.05, 4.69) is 15.4 Å². The molecule has 2 aromatic carbocycles. The number of phenolic OH excluding ortho intramolecular Hbond substituents is 1. The zero-order valence-corrected chi connectivity index (χ0v) is 14.7. The van der Waals surface area contributed by atoms with Crippen LogP contribution < -0.4 is 5.32 Å². The van der Waals surface area contributed by atoms with E-state index < -0.39 is 6.29 Å². The van der Waals surface area contributed by atoms with E-state index in [1.807, 2.05) is 6.07 Å². The second kappa shape index (κ2) is 6.88. The highest BCUT2D eigenvalue weighted by atomic mass is 35.5. The molecule has 0 bridgehead atoms. The Morgan fingerprint density at radius 1 is 1.00 bits per heavy atom. The minimum Gasteiger partial charge on any atom is -0.508 e. The van der Waals surface area contributed by atoms with Gasteiger partial charge in [0.2, 0.25) is 5.95 Å². The average Bonchev–Trinajstić information content (AvgIpc) is 3.05. The van der Waals surface area contributed by atoms with E-state index in [1.54, 1.807) is 53.2 Å². The summed E-state index contributed by atoms with van der Waals surface area (Å²) in [4.78, 5) is 4.40. The van der Waals surface area contributed by atoms with Gasteiger partial charge in [-0.3, -0.25) is 0 Å². The minimum atomic E-state index is -1.50. The number of aromatic hydroxyl groups is 1. The molecule has 2 heterocycles. The second-order valence-electron chi connectivity index (χ2n) is 5.94. The molecule has 2 aromatic heterocycles. The van der Waals surface area contributed by atoms with Crippen LogP contribution in [0.1, 0.15) is 11.9 Å². The molecule has 4 rings (SSSR count). The third kappa shape index (κ3) is 3.56. The zero-order valence-electron chi connectivity index (χ0n) is 13.9. The lowest BCUT2D eigenvalue weighted by Crippen LogP contribution is -1.96. The molecule has 0 amide bonds. The quantitative estimate of drug-likeness (QED) is 0.403. The Bertz CT molecular complexity index is 1110. The molecule has 4 aromatic rings. The van der Waals surface area contributed by atoms with Gasteiger partial charge in [0, 0.05) is 33.6 Å². The number of fused-ring (bicyclic) bond motifs is 1. The molecule has 0 atom stereocenters. The first-order valence-corrected chi connectivity index (χ1v) is 8.46. The summed E-state index contributed by atoms with van der Waals surface area (Å²) in [5.74, 6) is 0.526. The zero-order chi connectivity index (χ0) is 19.0. The van der Waals surface area contributed by atoms with Crippen LogP contribution in [0.25, 0.3) is 16.8 Å². The summed E-state index contributed by atoms with van der Waals surface area (Å²) in [5, 5.41) is 36.0. The van der Waals surface area contributed by atoms with Crippen molar-refractivity contribution in [1.82, 2.24) is 14.6 Å². The number of pyridine rings is 1. The number of anilines is 2. The second-order valence-corrected chi connectivity index (χ2v) is 6.35. The lowest BCUT2D eigenvalue weighted by Gasteiger charge is -2.05. The first-order chi connectivity index (χ1) is 13.0. The Kier molecular flexibility index (Phi) is 4.41. The van der Waals surface area contributed by atoms with Crippen molar-refractivity contribution in [2.45, 2.75) is 6.29 Å². The molecule has 7 nitrogen and oxygen atoms in total. The SMILES string of the molecule is Oc1ccc(Cl)c(-c2ccc3nc(Nc4ccc(C(O)O)cc4)nn3c2)c1. The maximum Gasteiger partial charge on any atom is 0.247 e. The Hall–Kier alpha value is -3.13. The topological polar surface area (TPSA) is 103 Å². The van der Waals surface area contributed by atoms with Gasteiger partial charge < -0.3 is 20.6 Å². The van der Waals surface area contributed by atoms with Gasteiger partial charge in [0.25, 0.3) is 0 Å². The van der Waals surface area contributed by atoms with Crippen LogP contribution in [0.4, 0.5) is 11.6 Å². The van der Waals surface area contributed by atoms with Gasteiger partial charge >= 0.3 is 0 Å². The number of aliphatic hydroxyl groups excluding tert-OH is 1. The fourth-order valence-electron chi connectivity index (χ4n) is 2.70. The molecule has 0 fully saturated rings. The third-order valence-electron chi connectivity index (χ3n) is 4.06. The predicted molar refractivity (Wildman–Crippen MR) is 102 cm³/mol. The van der Waals surface area contributed by atoms with E-state index in [-0.39, 0.29) is 5.75 Å². The number of hydrogen-bond donors (Lipinski definition) is 4. The van der Waals surface area contributed by atoms with Crippen molar-refractivity contribution >= 4 is 28.9 Å². The summed E-state index contributed by atoms with van der Waals surface area (Å²) in [6.07, 6.45) is 0.273. The lowest BCUT2D eigenvalue weighted by atomic mass is 10.1. The van der Waals surface area contributed by atoms with Crippen molar-refractivity contribution in [3.63, 3.8) is 0 Å². The van der Waals surface area contributed by atoms with E-state index >= 15 is 0 Å². The van der Waals surface area contributed by atoms with Crippen LogP contribution in [0.15, 0.2) is 60.8 Å². The van der Waals surface area contributed by atoms with Crippen molar-refractivity contribution < 1.29 is 15.3 Å². The van der Waals surface area contributed by atoms with E-state index in [0.29, 0.717) is 33.4 Å². The Balaban J connectivity index is 1.63. The number of aromatic nitrogens is 3. The largest absolute Gasteiger partial charge is 0.508 e. The molecule has 0 saturated carbocycles. The van der Waals surface area contributed by atoms with Crippen LogP contribution in [-0.2, 0) is 0 Å². The highest BCUT2D eigenvalue weighted by Crippen LogP contribution is 2.31. The number of rotatable bonds is 4. The summed E-state index contributed by atoms with van der Waals surface area (Å²) >= 11 is 6.23. The number of benzene rings is 2. The highest BCUT2D eigenvalue weighted by Gasteiger charge is 2.09. The maximum atomic E-state index is 9.70. The molecule has 8 heteroatoms. The minimum absolute atomic E-state index is 0.131. The van der Waals surface area contributed by atoms with Crippen LogP contribution >= 0.6 is 11.6 Å². The van der Waals surface area contributed by atoms with Crippen LogP contribution in [0, 0.1) is 0 Å². The molecular formula is C19H15ClN4O3. The molecular weight excluding hydrogens is 368 g/mol. The Morgan fingerprint density at radius 3 is 2.52 bits per heavy atom. The number of halogens is 1. The number of hydrogen-bond acceptors (Lipinski definition) is 6. The molecule has 4 N–H and O–H groups in total. The fourth-order valence-corrected chi connectivity index (χ4v) is 2.92. The average molecular weight is 383 g/mol. The van der Waals surface area contributed by atoms with Gasteiger partial charge in [-0.15, -0.1) is 5.10 Å². The predicted octanol–water partition coefficient (Wildman–Crippen LogP) is 3.48. The Labute approximate surface area is 159 Å². The maximum absolute atomic E-state index is 9.70. The summed E-state index contributed by atoms with van der Waals surface area (Å²) in [7, 11) is 0. The van der Waals surface area contributed by atoms with Gasteiger partial charge in [-0.2, -0.15) is 4.98 Å². The van der Waals surface area contributed by atoms with Crippen LogP contribution in [0.3, 0.4) is 0 Å². The number of aliphatic hydroxyl groups is 2. The molecule has 136 valence electrons. The smallest absolute Gasteiger partial charge is 0.247 e. The van der Waals surface area contributed by atoms with E-state index in [9.17, 15) is 5.11 Å². The number of nitrogens with zero attached hydrogens (tertiary/aromatic N) is 3. The molecule has 0 aliphatic heterocycles. The molecule has 0 aliphatic rings. The summed E-state index contributed by atoms with van der Waals surface area (Å²) in [5.41, 5.74) is 3.24. The van der Waals surface area contributed by atoms with Gasteiger partial charge in [-0.25, -0.2) is 4.52 Å². The monoisotopic (exact) mass is 382 g/mol. The molecule has 0 saturated heterocycles. The molecule has 0 radical (unpaired) electrons. The normalized spacial score (nSPS) is 11.3. The molecule has 27 heavy (non-hydrogen) atoms. The van der Waals surface area contributed by atoms with Crippen molar-refractivity contribution in [3.8, 4) is 16.9 Å². The van der Waals surface area contributed by atoms with Gasteiger partial charge in [-0.1, -0.05) is 23.7 Å². The first-order valence-electron chi connectivity index (χ1n) is 8.08. The van der Waals surface area contributed by atoms with Gasteiger partial charge in [0.15, 0.2) is 11.9 Å². The van der Waals surface area contributed by atoms with Crippen LogP contribution in [0.2, 0.25) is 5.02 Å². The standard InChI is InChI=1S/C19H15ClN4O3/c20-16-7-6-14(25)9-15(16)12-3-8-17-22-19(23-24(17)10-12)21-13-4-1-11(2-5-13)18(26)27/h1-10,18,25-27H,(H,21,23). The van der Waals surface area contributed by atoms with E-state index in [1.165, 1.54) is 6.07 Å². The van der Waals surface area contributed by atoms with Crippen LogP contribution in [0.5, 0.6) is 5.75 Å². The van der Waals surface area contributed by atoms with E-state index in [4.69, 9.17) is 21.8 Å². The van der Waals surface area contributed by atoms with Crippen molar-refractivity contribution in [2.24, 2.45) is 0 Å². The summed E-state index contributed by atoms with van der Waals surface area (Å²) < 4.78 is 1.61. The third-order valence-corrected chi connectivity index (χ3v) is 4.39. The lowest BCUT2D eigenvalue weighted by molar-refractivity contribution is -0.0424. The fraction of sp³-hybridized carbons (Fsp3) is 0.0526. The van der Waals surface area contributed by atoms with Crippen molar-refractivity contribution in [1.29, 1.82) is 0 Å².